The third kappa shape index (κ3) is 7.97. The molecule has 3 aromatic rings. The van der Waals surface area contributed by atoms with Crippen molar-refractivity contribution in [2.75, 3.05) is 18.0 Å². The van der Waals surface area contributed by atoms with E-state index in [0.717, 1.165) is 9.87 Å². The number of nitrogens with zero attached hydrogens (tertiary/aromatic N) is 2. The molecule has 0 unspecified atom stereocenters. The van der Waals surface area contributed by atoms with Gasteiger partial charge in [0.1, 0.15) is 18.3 Å². The Labute approximate surface area is 235 Å². The second-order valence-electron chi connectivity index (χ2n) is 10.1. The fourth-order valence-electron chi connectivity index (χ4n) is 3.85. The highest BCUT2D eigenvalue weighted by molar-refractivity contribution is 7.92. The van der Waals surface area contributed by atoms with Gasteiger partial charge < -0.3 is 15.0 Å². The zero-order valence-electron chi connectivity index (χ0n) is 22.7. The molecule has 0 radical (unpaired) electrons. The molecule has 0 saturated heterocycles. The molecule has 0 spiro atoms. The van der Waals surface area contributed by atoms with Gasteiger partial charge in [-0.1, -0.05) is 41.9 Å². The van der Waals surface area contributed by atoms with Crippen molar-refractivity contribution in [1.29, 1.82) is 0 Å². The average molecular weight is 572 g/mol. The maximum Gasteiger partial charge on any atom is 0.264 e. The Bertz CT molecular complexity index is 1370. The van der Waals surface area contributed by atoms with Gasteiger partial charge in [-0.2, -0.15) is 0 Å². The summed E-state index contributed by atoms with van der Waals surface area (Å²) >= 11 is 6.06. The van der Waals surface area contributed by atoms with E-state index in [2.05, 4.69) is 5.32 Å². The smallest absolute Gasteiger partial charge is 0.264 e. The summed E-state index contributed by atoms with van der Waals surface area (Å²) < 4.78 is 33.8. The molecule has 208 valence electrons. The molecule has 0 bridgehead atoms. The van der Waals surface area contributed by atoms with Gasteiger partial charge in [0, 0.05) is 17.1 Å². The van der Waals surface area contributed by atoms with E-state index < -0.39 is 34.1 Å². The first-order chi connectivity index (χ1) is 18.3. The van der Waals surface area contributed by atoms with E-state index in [9.17, 15) is 18.0 Å². The van der Waals surface area contributed by atoms with Crippen LogP contribution in [-0.4, -0.2) is 50.4 Å². The lowest BCUT2D eigenvalue weighted by atomic mass is 10.1. The minimum absolute atomic E-state index is 0.0146. The molecule has 3 rings (SSSR count). The molecule has 0 fully saturated rings. The normalized spacial score (nSPS) is 12.4. The predicted octanol–water partition coefficient (Wildman–Crippen LogP) is 4.88. The first kappa shape index (κ1) is 30.0. The minimum Gasteiger partial charge on any atom is -0.497 e. The van der Waals surface area contributed by atoms with E-state index in [1.807, 2.05) is 51.1 Å². The fraction of sp³-hybridized carbons (Fsp3) is 0.310. The Kier molecular flexibility index (Phi) is 9.63. The Morgan fingerprint density at radius 3 is 2.08 bits per heavy atom. The van der Waals surface area contributed by atoms with Gasteiger partial charge in [0.25, 0.3) is 10.0 Å². The molecule has 8 nitrogen and oxygen atoms in total. The number of hydrogen-bond donors (Lipinski definition) is 1. The SMILES string of the molecule is COc1ccc(S(=O)(=O)N(CC(=O)N(Cc2ccccc2)[C@@H](C)C(=O)NC(C)(C)C)c2ccc(Cl)cc2)cc1. The second kappa shape index (κ2) is 12.5. The molecule has 2 amide bonds. The van der Waals surface area contributed by atoms with Crippen molar-refractivity contribution in [3.8, 4) is 5.75 Å². The standard InChI is InChI=1S/C29H34ClN3O5S/c1-21(28(35)31-29(2,3)4)32(19-22-9-7-6-8-10-22)27(34)20-33(24-13-11-23(30)12-14-24)39(36,37)26-17-15-25(38-5)16-18-26/h6-18,21H,19-20H2,1-5H3,(H,31,35)/t21-/m0/s1. The summed E-state index contributed by atoms with van der Waals surface area (Å²) in [6, 6.07) is 20.5. The highest BCUT2D eigenvalue weighted by Crippen LogP contribution is 2.27. The Balaban J connectivity index is 2.02. The first-order valence-electron chi connectivity index (χ1n) is 12.4. The zero-order chi connectivity index (χ0) is 28.8. The van der Waals surface area contributed by atoms with Gasteiger partial charge in [-0.3, -0.25) is 13.9 Å². The van der Waals surface area contributed by atoms with Crippen molar-refractivity contribution >= 4 is 39.1 Å². The predicted molar refractivity (Wildman–Crippen MR) is 153 cm³/mol. The quantitative estimate of drug-likeness (QED) is 0.374. The van der Waals surface area contributed by atoms with E-state index in [0.29, 0.717) is 10.8 Å². The molecule has 0 aliphatic rings. The zero-order valence-corrected chi connectivity index (χ0v) is 24.3. The van der Waals surface area contributed by atoms with Crippen molar-refractivity contribution in [2.45, 2.75) is 50.7 Å². The van der Waals surface area contributed by atoms with Gasteiger partial charge in [0.15, 0.2) is 0 Å². The maximum atomic E-state index is 13.9. The molecular weight excluding hydrogens is 538 g/mol. The topological polar surface area (TPSA) is 96.0 Å². The number of halogens is 1. The van der Waals surface area contributed by atoms with Gasteiger partial charge in [-0.25, -0.2) is 8.42 Å². The van der Waals surface area contributed by atoms with Crippen LogP contribution in [-0.2, 0) is 26.2 Å². The number of hydrogen-bond acceptors (Lipinski definition) is 5. The van der Waals surface area contributed by atoms with E-state index in [1.54, 1.807) is 19.1 Å². The summed E-state index contributed by atoms with van der Waals surface area (Å²) in [6.07, 6.45) is 0. The lowest BCUT2D eigenvalue weighted by Gasteiger charge is -2.33. The van der Waals surface area contributed by atoms with Gasteiger partial charge in [0.05, 0.1) is 17.7 Å². The minimum atomic E-state index is -4.18. The second-order valence-corrected chi connectivity index (χ2v) is 12.4. The Morgan fingerprint density at radius 2 is 1.54 bits per heavy atom. The number of methoxy groups -OCH3 is 1. The van der Waals surface area contributed by atoms with Gasteiger partial charge in [-0.05, 0) is 81.8 Å². The third-order valence-electron chi connectivity index (χ3n) is 5.90. The molecule has 0 aliphatic heterocycles. The number of nitrogens with one attached hydrogen (secondary N) is 1. The van der Waals surface area contributed by atoms with E-state index in [-0.39, 0.29) is 23.0 Å². The number of benzene rings is 3. The van der Waals surface area contributed by atoms with Crippen molar-refractivity contribution in [3.05, 3.63) is 89.4 Å². The van der Waals surface area contributed by atoms with Crippen LogP contribution in [0.5, 0.6) is 5.75 Å². The van der Waals surface area contributed by atoms with Crippen LogP contribution >= 0.6 is 11.6 Å². The number of amides is 2. The van der Waals surface area contributed by atoms with Crippen LogP contribution in [0.4, 0.5) is 5.69 Å². The average Bonchev–Trinajstić information content (AvgIpc) is 2.90. The van der Waals surface area contributed by atoms with Crippen LogP contribution in [0.1, 0.15) is 33.3 Å². The number of sulfonamides is 1. The highest BCUT2D eigenvalue weighted by atomic mass is 35.5. The molecule has 39 heavy (non-hydrogen) atoms. The van der Waals surface area contributed by atoms with Gasteiger partial charge in [-0.15, -0.1) is 0 Å². The highest BCUT2D eigenvalue weighted by Gasteiger charge is 2.33. The number of carbonyl (C=O) groups is 2. The number of anilines is 1. The summed E-state index contributed by atoms with van der Waals surface area (Å²) in [5.41, 5.74) is 0.548. The van der Waals surface area contributed by atoms with Gasteiger partial charge in [0.2, 0.25) is 11.8 Å². The number of carbonyl (C=O) groups excluding carboxylic acids is 2. The first-order valence-corrected chi connectivity index (χ1v) is 14.2. The largest absolute Gasteiger partial charge is 0.497 e. The third-order valence-corrected chi connectivity index (χ3v) is 7.94. The number of rotatable bonds is 10. The molecule has 0 heterocycles. The van der Waals surface area contributed by atoms with Crippen molar-refractivity contribution < 1.29 is 22.7 Å². The van der Waals surface area contributed by atoms with Gasteiger partial charge >= 0.3 is 0 Å². The molecule has 10 heteroatoms. The van der Waals surface area contributed by atoms with E-state index in [4.69, 9.17) is 16.3 Å². The molecule has 1 atom stereocenters. The summed E-state index contributed by atoms with van der Waals surface area (Å²) in [6.45, 7) is 6.78. The van der Waals surface area contributed by atoms with E-state index >= 15 is 0 Å². The van der Waals surface area contributed by atoms with Crippen LogP contribution < -0.4 is 14.4 Å². The monoisotopic (exact) mass is 571 g/mol. The lowest BCUT2D eigenvalue weighted by Crippen LogP contribution is -2.54. The summed E-state index contributed by atoms with van der Waals surface area (Å²) in [4.78, 5) is 28.4. The molecular formula is C29H34ClN3O5S. The summed E-state index contributed by atoms with van der Waals surface area (Å²) in [5.74, 6) is -0.388. The number of ether oxygens (including phenoxy) is 1. The van der Waals surface area contributed by atoms with Crippen molar-refractivity contribution in [1.82, 2.24) is 10.2 Å². The molecule has 0 aromatic heterocycles. The van der Waals surface area contributed by atoms with Crippen LogP contribution in [0.15, 0.2) is 83.8 Å². The summed E-state index contributed by atoms with van der Waals surface area (Å²) in [7, 11) is -2.69. The molecule has 1 N–H and O–H groups in total. The lowest BCUT2D eigenvalue weighted by molar-refractivity contribution is -0.140. The molecule has 3 aromatic carbocycles. The van der Waals surface area contributed by atoms with Crippen LogP contribution in [0, 0.1) is 0 Å². The summed E-state index contributed by atoms with van der Waals surface area (Å²) in [5, 5.41) is 3.33. The molecule has 0 aliphatic carbocycles. The van der Waals surface area contributed by atoms with Crippen molar-refractivity contribution in [3.63, 3.8) is 0 Å². The van der Waals surface area contributed by atoms with Crippen LogP contribution in [0.3, 0.4) is 0 Å². The Hall–Kier alpha value is -3.56. The Morgan fingerprint density at radius 1 is 0.949 bits per heavy atom. The van der Waals surface area contributed by atoms with Crippen LogP contribution in [0.25, 0.3) is 0 Å². The van der Waals surface area contributed by atoms with Crippen LogP contribution in [0.2, 0.25) is 5.02 Å². The fourth-order valence-corrected chi connectivity index (χ4v) is 5.39. The van der Waals surface area contributed by atoms with E-state index in [1.165, 1.54) is 48.4 Å². The maximum absolute atomic E-state index is 13.9. The molecule has 0 saturated carbocycles. The van der Waals surface area contributed by atoms with Crippen molar-refractivity contribution in [2.24, 2.45) is 0 Å².